The molecule has 0 aliphatic carbocycles. The van der Waals surface area contributed by atoms with E-state index in [1.807, 2.05) is 7.05 Å². The molecule has 82 valence electrons. The van der Waals surface area contributed by atoms with Crippen LogP contribution in [0.4, 0.5) is 5.69 Å². The van der Waals surface area contributed by atoms with Crippen molar-refractivity contribution >= 4 is 5.69 Å². The largest absolute Gasteiger partial charge is 0.388 e. The van der Waals surface area contributed by atoms with E-state index < -0.39 is 0 Å². The predicted octanol–water partition coefficient (Wildman–Crippen LogP) is 3.51. The normalized spacial score (nSPS) is 10.1. The average molecular weight is 211 g/mol. The highest BCUT2D eigenvalue weighted by Crippen LogP contribution is 2.11. The van der Waals surface area contributed by atoms with Crippen molar-refractivity contribution in [3.63, 3.8) is 0 Å². The van der Waals surface area contributed by atoms with Gasteiger partial charge in [0.15, 0.2) is 0 Å². The Hall–Kier alpha value is -1.76. The number of benzene rings is 2. The van der Waals surface area contributed by atoms with Crippen LogP contribution in [0.5, 0.6) is 0 Å². The van der Waals surface area contributed by atoms with Crippen LogP contribution in [0.15, 0.2) is 54.6 Å². The molecule has 0 unspecified atom stereocenters. The minimum Gasteiger partial charge on any atom is -0.388 e. The van der Waals surface area contributed by atoms with Gasteiger partial charge in [-0.2, -0.15) is 0 Å². The fourth-order valence-corrected chi connectivity index (χ4v) is 1.77. The Labute approximate surface area is 97.1 Å². The first-order chi connectivity index (χ1) is 7.88. The van der Waals surface area contributed by atoms with Crippen molar-refractivity contribution < 1.29 is 0 Å². The summed E-state index contributed by atoms with van der Waals surface area (Å²) in [6.45, 7) is 0. The molecule has 0 saturated carbocycles. The lowest BCUT2D eigenvalue weighted by molar-refractivity contribution is 0.960. The van der Waals surface area contributed by atoms with Crippen LogP contribution < -0.4 is 5.32 Å². The predicted molar refractivity (Wildman–Crippen MR) is 69.8 cm³/mol. The molecule has 0 amide bonds. The van der Waals surface area contributed by atoms with Gasteiger partial charge in [0.25, 0.3) is 0 Å². The van der Waals surface area contributed by atoms with Crippen LogP contribution in [0.1, 0.15) is 11.1 Å². The molecule has 2 rings (SSSR count). The highest BCUT2D eigenvalue weighted by molar-refractivity contribution is 5.43. The van der Waals surface area contributed by atoms with Gasteiger partial charge in [0.05, 0.1) is 0 Å². The zero-order chi connectivity index (χ0) is 11.2. The van der Waals surface area contributed by atoms with E-state index in [9.17, 15) is 0 Å². The summed E-state index contributed by atoms with van der Waals surface area (Å²) in [7, 11) is 1.94. The number of rotatable bonds is 4. The van der Waals surface area contributed by atoms with E-state index in [1.165, 1.54) is 16.8 Å². The lowest BCUT2D eigenvalue weighted by atomic mass is 10.0. The van der Waals surface area contributed by atoms with Gasteiger partial charge in [-0.25, -0.2) is 0 Å². The van der Waals surface area contributed by atoms with E-state index in [0.717, 1.165) is 12.8 Å². The summed E-state index contributed by atoms with van der Waals surface area (Å²) in [6.07, 6.45) is 2.22. The third-order valence-corrected chi connectivity index (χ3v) is 2.79. The van der Waals surface area contributed by atoms with Gasteiger partial charge in [-0.1, -0.05) is 42.5 Å². The zero-order valence-corrected chi connectivity index (χ0v) is 9.61. The minimum atomic E-state index is 1.11. The summed E-state index contributed by atoms with van der Waals surface area (Å²) in [4.78, 5) is 0. The molecule has 0 bridgehead atoms. The first-order valence-electron chi connectivity index (χ1n) is 5.69. The topological polar surface area (TPSA) is 12.0 Å². The van der Waals surface area contributed by atoms with Crippen LogP contribution >= 0.6 is 0 Å². The van der Waals surface area contributed by atoms with Crippen LogP contribution in [0, 0.1) is 0 Å². The van der Waals surface area contributed by atoms with Crippen molar-refractivity contribution in [3.05, 3.63) is 65.7 Å². The maximum Gasteiger partial charge on any atom is 0.0337 e. The van der Waals surface area contributed by atoms with Crippen LogP contribution in [-0.4, -0.2) is 7.05 Å². The smallest absolute Gasteiger partial charge is 0.0337 e. The molecule has 16 heavy (non-hydrogen) atoms. The van der Waals surface area contributed by atoms with Gasteiger partial charge in [-0.05, 0) is 36.1 Å². The lowest BCUT2D eigenvalue weighted by Crippen LogP contribution is -1.92. The molecule has 0 aromatic heterocycles. The monoisotopic (exact) mass is 211 g/mol. The highest BCUT2D eigenvalue weighted by atomic mass is 14.8. The molecule has 1 heteroatoms. The van der Waals surface area contributed by atoms with Crippen LogP contribution in [0.2, 0.25) is 0 Å². The third kappa shape index (κ3) is 2.86. The summed E-state index contributed by atoms with van der Waals surface area (Å²) in [5, 5.41) is 3.13. The van der Waals surface area contributed by atoms with E-state index in [4.69, 9.17) is 0 Å². The molecule has 0 heterocycles. The quantitative estimate of drug-likeness (QED) is 0.816. The van der Waals surface area contributed by atoms with Crippen LogP contribution in [0.25, 0.3) is 0 Å². The molecule has 2 aromatic rings. The molecule has 0 radical (unpaired) electrons. The maximum absolute atomic E-state index is 3.13. The molecule has 0 aliphatic heterocycles. The SMILES string of the molecule is CNc1ccc(CCc2ccccc2)cc1. The summed E-state index contributed by atoms with van der Waals surface area (Å²) in [5.41, 5.74) is 3.96. The molecule has 2 aromatic carbocycles. The van der Waals surface area contributed by atoms with E-state index in [0.29, 0.717) is 0 Å². The van der Waals surface area contributed by atoms with E-state index in [1.54, 1.807) is 0 Å². The molecule has 1 N–H and O–H groups in total. The Bertz CT molecular complexity index is 417. The molecular formula is C15H17N. The van der Waals surface area contributed by atoms with E-state index >= 15 is 0 Å². The number of anilines is 1. The van der Waals surface area contributed by atoms with Gasteiger partial charge >= 0.3 is 0 Å². The molecular weight excluding hydrogens is 194 g/mol. The summed E-state index contributed by atoms with van der Waals surface area (Å²) in [6, 6.07) is 19.2. The maximum atomic E-state index is 3.13. The first-order valence-corrected chi connectivity index (χ1v) is 5.69. The Morgan fingerprint density at radius 3 is 1.88 bits per heavy atom. The third-order valence-electron chi connectivity index (χ3n) is 2.79. The van der Waals surface area contributed by atoms with Crippen molar-refractivity contribution in [1.29, 1.82) is 0 Å². The second-order valence-electron chi connectivity index (χ2n) is 3.93. The fraction of sp³-hybridized carbons (Fsp3) is 0.200. The van der Waals surface area contributed by atoms with Crippen molar-refractivity contribution in [2.75, 3.05) is 12.4 Å². The molecule has 0 atom stereocenters. The summed E-state index contributed by atoms with van der Waals surface area (Å²) >= 11 is 0. The molecule has 0 saturated heterocycles. The molecule has 0 fully saturated rings. The van der Waals surface area contributed by atoms with Gasteiger partial charge in [-0.3, -0.25) is 0 Å². The zero-order valence-electron chi connectivity index (χ0n) is 9.61. The van der Waals surface area contributed by atoms with E-state index in [2.05, 4.69) is 59.9 Å². The molecule has 0 aliphatic rings. The van der Waals surface area contributed by atoms with Gasteiger partial charge < -0.3 is 5.32 Å². The number of nitrogens with one attached hydrogen (secondary N) is 1. The molecule has 1 nitrogen and oxygen atoms in total. The van der Waals surface area contributed by atoms with Gasteiger partial charge in [0.2, 0.25) is 0 Å². The van der Waals surface area contributed by atoms with Crippen LogP contribution in [0.3, 0.4) is 0 Å². The second kappa shape index (κ2) is 5.36. The van der Waals surface area contributed by atoms with Gasteiger partial charge in [0, 0.05) is 12.7 Å². The Morgan fingerprint density at radius 2 is 1.31 bits per heavy atom. The highest BCUT2D eigenvalue weighted by Gasteiger charge is 1.95. The van der Waals surface area contributed by atoms with Gasteiger partial charge in [-0.15, -0.1) is 0 Å². The van der Waals surface area contributed by atoms with Crippen molar-refractivity contribution in [3.8, 4) is 0 Å². The van der Waals surface area contributed by atoms with Crippen LogP contribution in [-0.2, 0) is 12.8 Å². The lowest BCUT2D eigenvalue weighted by Gasteiger charge is -2.04. The second-order valence-corrected chi connectivity index (χ2v) is 3.93. The molecule has 0 spiro atoms. The van der Waals surface area contributed by atoms with Crippen molar-refractivity contribution in [2.24, 2.45) is 0 Å². The average Bonchev–Trinajstić information content (AvgIpc) is 2.38. The first kappa shape index (κ1) is 10.7. The number of aryl methyl sites for hydroxylation is 2. The van der Waals surface area contributed by atoms with E-state index in [-0.39, 0.29) is 0 Å². The minimum absolute atomic E-state index is 1.11. The Morgan fingerprint density at radius 1 is 0.750 bits per heavy atom. The Kier molecular flexibility index (Phi) is 3.60. The van der Waals surface area contributed by atoms with Crippen molar-refractivity contribution in [1.82, 2.24) is 0 Å². The Balaban J connectivity index is 1.94. The summed E-state index contributed by atoms with van der Waals surface area (Å²) < 4.78 is 0. The van der Waals surface area contributed by atoms with Crippen molar-refractivity contribution in [2.45, 2.75) is 12.8 Å². The number of hydrogen-bond donors (Lipinski definition) is 1. The standard InChI is InChI=1S/C15H17N/c1-16-15-11-9-14(10-12-15)8-7-13-5-3-2-4-6-13/h2-6,9-12,16H,7-8H2,1H3. The van der Waals surface area contributed by atoms with Gasteiger partial charge in [0.1, 0.15) is 0 Å². The summed E-state index contributed by atoms with van der Waals surface area (Å²) in [5.74, 6) is 0. The fourth-order valence-electron chi connectivity index (χ4n) is 1.77. The number of hydrogen-bond acceptors (Lipinski definition) is 1.